The number of fused-ring (bicyclic) bond motifs is 1. The van der Waals surface area contributed by atoms with Gasteiger partial charge in [0.05, 0.1) is 18.7 Å². The lowest BCUT2D eigenvalue weighted by Crippen LogP contribution is -2.37. The minimum absolute atomic E-state index is 0. The van der Waals surface area contributed by atoms with Gasteiger partial charge in [0.2, 0.25) is 5.95 Å². The number of rotatable bonds is 10. The minimum Gasteiger partial charge on any atom is -0.494 e. The van der Waals surface area contributed by atoms with E-state index in [1.54, 1.807) is 7.11 Å². The van der Waals surface area contributed by atoms with E-state index in [9.17, 15) is 0 Å². The van der Waals surface area contributed by atoms with Crippen molar-refractivity contribution in [3.05, 3.63) is 53.6 Å². The molecule has 4 rings (SSSR count). The van der Waals surface area contributed by atoms with Crippen LogP contribution in [0.2, 0.25) is 0 Å². The predicted molar refractivity (Wildman–Crippen MR) is 145 cm³/mol. The second-order valence-electron chi connectivity index (χ2n) is 9.16. The summed E-state index contributed by atoms with van der Waals surface area (Å²) in [6.07, 6.45) is 4.42. The number of hydrogen-bond donors (Lipinski definition) is 2. The number of nitrogens with one attached hydrogen (secondary N) is 2. The zero-order valence-electron chi connectivity index (χ0n) is 20.8. The lowest BCUT2D eigenvalue weighted by Gasteiger charge is -2.30. The van der Waals surface area contributed by atoms with Gasteiger partial charge in [-0.1, -0.05) is 25.6 Å². The molecule has 2 N–H and O–H groups in total. The summed E-state index contributed by atoms with van der Waals surface area (Å²) in [5.74, 6) is 2.62. The summed E-state index contributed by atoms with van der Waals surface area (Å²) in [4.78, 5) is 11.6. The fourth-order valence-corrected chi connectivity index (χ4v) is 4.67. The molecule has 0 atom stereocenters. The predicted octanol–water partition coefficient (Wildman–Crippen LogP) is 5.39. The quantitative estimate of drug-likeness (QED) is 0.404. The van der Waals surface area contributed by atoms with Crippen LogP contribution in [0.1, 0.15) is 51.2 Å². The smallest absolute Gasteiger partial charge is 0.225 e. The summed E-state index contributed by atoms with van der Waals surface area (Å²) in [5.41, 5.74) is 3.33. The molecular formula is C28H41N5O2. The zero-order valence-corrected chi connectivity index (χ0v) is 20.8. The molecule has 0 unspecified atom stereocenters. The first-order chi connectivity index (χ1) is 16.6. The van der Waals surface area contributed by atoms with E-state index in [2.05, 4.69) is 34.9 Å². The number of methoxy groups -OCH3 is 1. The molecule has 0 bridgehead atoms. The molecule has 3 aromatic rings. The van der Waals surface area contributed by atoms with Crippen LogP contribution in [0.3, 0.4) is 0 Å². The van der Waals surface area contributed by atoms with Crippen LogP contribution in [0, 0.1) is 0 Å². The maximum atomic E-state index is 5.84. The van der Waals surface area contributed by atoms with E-state index in [0.717, 1.165) is 60.6 Å². The molecule has 1 heterocycles. The topological polar surface area (TPSA) is 71.5 Å². The number of ether oxygens (including phenoxy) is 2. The fourth-order valence-electron chi connectivity index (χ4n) is 4.67. The average Bonchev–Trinajstić information content (AvgIpc) is 2.84. The van der Waals surface area contributed by atoms with Crippen LogP contribution >= 0.6 is 0 Å². The minimum atomic E-state index is 0. The Hall–Kier alpha value is -2.90. The van der Waals surface area contributed by atoms with E-state index >= 15 is 0 Å². The summed E-state index contributed by atoms with van der Waals surface area (Å²) >= 11 is 0. The summed E-state index contributed by atoms with van der Waals surface area (Å²) in [5, 5.41) is 8.43. The molecule has 1 fully saturated rings. The number of aromatic nitrogens is 2. The van der Waals surface area contributed by atoms with Crippen molar-refractivity contribution in [3.8, 4) is 5.75 Å². The number of nitrogens with zero attached hydrogens (tertiary/aromatic N) is 3. The highest BCUT2D eigenvalue weighted by atomic mass is 16.5. The van der Waals surface area contributed by atoms with Crippen molar-refractivity contribution in [1.82, 2.24) is 15.3 Å². The zero-order chi connectivity index (χ0) is 23.9. The lowest BCUT2D eigenvalue weighted by molar-refractivity contribution is 0.184. The SMILES string of the molecule is C.CCOc1ccc(COC)cc1CNC1CCC(Nc2nc(N(C)C)c3ccccc3n2)CC1. The number of hydrogen-bond acceptors (Lipinski definition) is 7. The van der Waals surface area contributed by atoms with Gasteiger partial charge in [-0.25, -0.2) is 4.98 Å². The molecule has 7 nitrogen and oxygen atoms in total. The van der Waals surface area contributed by atoms with E-state index in [1.165, 1.54) is 11.1 Å². The molecule has 0 saturated heterocycles. The fraction of sp³-hybridized carbons (Fsp3) is 0.500. The largest absolute Gasteiger partial charge is 0.494 e. The van der Waals surface area contributed by atoms with Crippen LogP contribution in [0.5, 0.6) is 5.75 Å². The van der Waals surface area contributed by atoms with Crippen molar-refractivity contribution in [1.29, 1.82) is 0 Å². The Morgan fingerprint density at radius 1 is 1.00 bits per heavy atom. The maximum Gasteiger partial charge on any atom is 0.225 e. The van der Waals surface area contributed by atoms with Crippen molar-refractivity contribution < 1.29 is 9.47 Å². The van der Waals surface area contributed by atoms with Crippen LogP contribution in [0.15, 0.2) is 42.5 Å². The van der Waals surface area contributed by atoms with E-state index < -0.39 is 0 Å². The average molecular weight is 480 g/mol. The van der Waals surface area contributed by atoms with Gasteiger partial charge in [0.15, 0.2) is 0 Å². The first-order valence-electron chi connectivity index (χ1n) is 12.2. The lowest BCUT2D eigenvalue weighted by atomic mass is 9.91. The number of para-hydroxylation sites is 1. The van der Waals surface area contributed by atoms with E-state index in [4.69, 9.17) is 19.4 Å². The summed E-state index contributed by atoms with van der Waals surface area (Å²) in [6, 6.07) is 15.4. The van der Waals surface area contributed by atoms with Crippen molar-refractivity contribution in [2.24, 2.45) is 0 Å². The van der Waals surface area contributed by atoms with Crippen LogP contribution in [0.4, 0.5) is 11.8 Å². The third kappa shape index (κ3) is 6.83. The van der Waals surface area contributed by atoms with Gasteiger partial charge in [0, 0.05) is 50.8 Å². The highest BCUT2D eigenvalue weighted by Crippen LogP contribution is 2.27. The molecule has 1 aromatic heterocycles. The first kappa shape index (κ1) is 26.7. The first-order valence-corrected chi connectivity index (χ1v) is 12.2. The van der Waals surface area contributed by atoms with Crippen molar-refractivity contribution in [3.63, 3.8) is 0 Å². The Balaban J connectivity index is 0.00000342. The summed E-state index contributed by atoms with van der Waals surface area (Å²) in [7, 11) is 5.78. The van der Waals surface area contributed by atoms with Crippen molar-refractivity contribution in [2.75, 3.05) is 38.0 Å². The van der Waals surface area contributed by atoms with Gasteiger partial charge in [0.1, 0.15) is 11.6 Å². The van der Waals surface area contributed by atoms with Gasteiger partial charge in [-0.3, -0.25) is 0 Å². The Kier molecular flexibility index (Phi) is 9.69. The molecular weight excluding hydrogens is 438 g/mol. The van der Waals surface area contributed by atoms with Crippen LogP contribution in [-0.2, 0) is 17.9 Å². The van der Waals surface area contributed by atoms with Crippen LogP contribution in [0.25, 0.3) is 10.9 Å². The highest BCUT2D eigenvalue weighted by molar-refractivity contribution is 5.90. The molecule has 190 valence electrons. The molecule has 35 heavy (non-hydrogen) atoms. The standard InChI is InChI=1S/C27H37N5O2.CH4/c1-5-34-25-15-10-19(18-33-4)16-20(25)17-28-21-11-13-22(14-12-21)29-27-30-24-9-7-6-8-23(24)26(31-27)32(2)3;/h6-10,15-16,21-22,28H,5,11-14,17-18H2,1-4H3,(H,29,30,31);1H4. The van der Waals surface area contributed by atoms with Gasteiger partial charge >= 0.3 is 0 Å². The highest BCUT2D eigenvalue weighted by Gasteiger charge is 2.22. The third-order valence-corrected chi connectivity index (χ3v) is 6.38. The molecule has 0 aliphatic heterocycles. The normalized spacial score (nSPS) is 17.6. The van der Waals surface area contributed by atoms with Crippen LogP contribution in [-0.4, -0.2) is 49.9 Å². The van der Waals surface area contributed by atoms with E-state index in [0.29, 0.717) is 25.3 Å². The molecule has 1 aliphatic rings. The van der Waals surface area contributed by atoms with Gasteiger partial charge in [-0.15, -0.1) is 0 Å². The molecule has 1 saturated carbocycles. The Morgan fingerprint density at radius 3 is 2.46 bits per heavy atom. The van der Waals surface area contributed by atoms with Gasteiger partial charge in [0.25, 0.3) is 0 Å². The van der Waals surface area contributed by atoms with E-state index in [1.807, 2.05) is 44.1 Å². The van der Waals surface area contributed by atoms with Crippen LogP contribution < -0.4 is 20.3 Å². The second kappa shape index (κ2) is 12.7. The molecule has 0 spiro atoms. The summed E-state index contributed by atoms with van der Waals surface area (Å²) in [6.45, 7) is 4.10. The van der Waals surface area contributed by atoms with Gasteiger partial charge < -0.3 is 25.0 Å². The van der Waals surface area contributed by atoms with Crippen molar-refractivity contribution >= 4 is 22.7 Å². The second-order valence-corrected chi connectivity index (χ2v) is 9.16. The molecule has 0 radical (unpaired) electrons. The van der Waals surface area contributed by atoms with Gasteiger partial charge in [-0.2, -0.15) is 4.98 Å². The van der Waals surface area contributed by atoms with Crippen molar-refractivity contribution in [2.45, 2.75) is 65.3 Å². The Morgan fingerprint density at radius 2 is 1.74 bits per heavy atom. The number of benzene rings is 2. The summed E-state index contributed by atoms with van der Waals surface area (Å²) < 4.78 is 11.1. The van der Waals surface area contributed by atoms with Gasteiger partial charge in [-0.05, 0) is 62.4 Å². The third-order valence-electron chi connectivity index (χ3n) is 6.38. The monoisotopic (exact) mass is 479 g/mol. The number of anilines is 2. The molecule has 1 aliphatic carbocycles. The Labute approximate surface area is 210 Å². The molecule has 0 amide bonds. The molecule has 7 heteroatoms. The van der Waals surface area contributed by atoms with E-state index in [-0.39, 0.29) is 7.43 Å². The maximum absolute atomic E-state index is 5.84. The molecule has 2 aromatic carbocycles. The Bertz CT molecular complexity index is 1080.